The first-order valence-electron chi connectivity index (χ1n) is 7.44. The smallest absolute Gasteiger partial charge is 0.117 e. The highest BCUT2D eigenvalue weighted by Gasteiger charge is 2.05. The van der Waals surface area contributed by atoms with Gasteiger partial charge in [-0.25, -0.2) is 4.98 Å². The Labute approximate surface area is 143 Å². The van der Waals surface area contributed by atoms with E-state index >= 15 is 0 Å². The number of nitrogens with zero attached hydrogens (tertiary/aromatic N) is 1. The summed E-state index contributed by atoms with van der Waals surface area (Å²) in [6.07, 6.45) is 6.33. The van der Waals surface area contributed by atoms with Crippen molar-refractivity contribution < 1.29 is 0 Å². The van der Waals surface area contributed by atoms with E-state index in [0.717, 1.165) is 10.5 Å². The third kappa shape index (κ3) is 2.90. The van der Waals surface area contributed by atoms with Crippen molar-refractivity contribution in [3.05, 3.63) is 71.2 Å². The van der Waals surface area contributed by atoms with E-state index in [1.807, 2.05) is 0 Å². The normalized spacial score (nSPS) is 11.7. The van der Waals surface area contributed by atoms with E-state index in [1.165, 1.54) is 25.9 Å². The molecular weight excluding hydrogens is 318 g/mol. The molecule has 4 aromatic rings. The molecule has 112 valence electrons. The van der Waals surface area contributed by atoms with E-state index in [-0.39, 0.29) is 0 Å². The lowest BCUT2D eigenvalue weighted by atomic mass is 10.1. The summed E-state index contributed by atoms with van der Waals surface area (Å²) in [4.78, 5) is 6.10. The maximum absolute atomic E-state index is 4.82. The van der Waals surface area contributed by atoms with Gasteiger partial charge in [-0.1, -0.05) is 48.5 Å². The molecule has 0 N–H and O–H groups in total. The van der Waals surface area contributed by atoms with Crippen LogP contribution in [-0.2, 0) is 0 Å². The van der Waals surface area contributed by atoms with Gasteiger partial charge >= 0.3 is 0 Å². The van der Waals surface area contributed by atoms with Gasteiger partial charge in [0.2, 0.25) is 0 Å². The molecular formula is C20H15NS2. The number of thioether (sulfide) groups is 1. The van der Waals surface area contributed by atoms with Crippen LogP contribution in [0.1, 0.15) is 10.6 Å². The van der Waals surface area contributed by atoms with Crippen molar-refractivity contribution in [2.24, 2.45) is 0 Å². The van der Waals surface area contributed by atoms with E-state index < -0.39 is 0 Å². The molecule has 3 heteroatoms. The first-order valence-corrected chi connectivity index (χ1v) is 9.48. The first-order chi connectivity index (χ1) is 11.3. The zero-order chi connectivity index (χ0) is 15.6. The number of hydrogen-bond donors (Lipinski definition) is 0. The SMILES string of the molecule is CSc1ccc(C=Cc2nc3c(ccc4ccccc43)s2)cc1. The minimum Gasteiger partial charge on any atom is -0.236 e. The van der Waals surface area contributed by atoms with Crippen LogP contribution in [0.5, 0.6) is 0 Å². The molecule has 0 bridgehead atoms. The topological polar surface area (TPSA) is 12.9 Å². The fourth-order valence-corrected chi connectivity index (χ4v) is 3.93. The Morgan fingerprint density at radius 3 is 2.57 bits per heavy atom. The third-order valence-corrected chi connectivity index (χ3v) is 5.56. The molecule has 0 aliphatic rings. The molecule has 0 aliphatic heterocycles. The minimum atomic E-state index is 1.05. The quantitative estimate of drug-likeness (QED) is 0.406. The van der Waals surface area contributed by atoms with E-state index in [2.05, 4.69) is 79.1 Å². The first kappa shape index (κ1) is 14.5. The van der Waals surface area contributed by atoms with Gasteiger partial charge in [0.15, 0.2) is 0 Å². The summed E-state index contributed by atoms with van der Waals surface area (Å²) in [6, 6.07) is 21.3. The van der Waals surface area contributed by atoms with Gasteiger partial charge in [-0.15, -0.1) is 23.1 Å². The number of thiazole rings is 1. The van der Waals surface area contributed by atoms with E-state index in [1.54, 1.807) is 23.1 Å². The lowest BCUT2D eigenvalue weighted by Crippen LogP contribution is -1.75. The standard InChI is InChI=1S/C20H15NS2/c1-22-16-10-6-14(7-11-16)8-13-19-21-20-17-5-3-2-4-15(17)9-12-18(20)23-19/h2-13H,1H3. The summed E-state index contributed by atoms with van der Waals surface area (Å²) in [5.74, 6) is 0. The van der Waals surface area contributed by atoms with Gasteiger partial charge in [0.25, 0.3) is 0 Å². The van der Waals surface area contributed by atoms with Crippen molar-refractivity contribution in [1.82, 2.24) is 4.98 Å². The number of fused-ring (bicyclic) bond motifs is 3. The zero-order valence-corrected chi connectivity index (χ0v) is 14.3. The molecule has 23 heavy (non-hydrogen) atoms. The largest absolute Gasteiger partial charge is 0.236 e. The van der Waals surface area contributed by atoms with Crippen molar-refractivity contribution in [2.75, 3.05) is 6.26 Å². The van der Waals surface area contributed by atoms with Crippen LogP contribution in [0, 0.1) is 0 Å². The van der Waals surface area contributed by atoms with Crippen LogP contribution < -0.4 is 0 Å². The fraction of sp³-hybridized carbons (Fsp3) is 0.0500. The average molecular weight is 333 g/mol. The Balaban J connectivity index is 1.71. The maximum Gasteiger partial charge on any atom is 0.117 e. The van der Waals surface area contributed by atoms with Gasteiger partial charge in [0, 0.05) is 10.3 Å². The predicted octanol–water partition coefficient (Wildman–Crippen LogP) is 6.34. The second-order valence-electron chi connectivity index (χ2n) is 5.29. The van der Waals surface area contributed by atoms with Crippen LogP contribution in [0.3, 0.4) is 0 Å². The fourth-order valence-electron chi connectivity index (χ4n) is 2.63. The van der Waals surface area contributed by atoms with Gasteiger partial charge in [0.1, 0.15) is 5.01 Å². The van der Waals surface area contributed by atoms with Crippen LogP contribution in [0.4, 0.5) is 0 Å². The summed E-state index contributed by atoms with van der Waals surface area (Å²) in [5, 5.41) is 3.52. The minimum absolute atomic E-state index is 1.05. The van der Waals surface area contributed by atoms with Crippen LogP contribution in [-0.4, -0.2) is 11.2 Å². The van der Waals surface area contributed by atoms with Gasteiger partial charge in [0.05, 0.1) is 10.2 Å². The van der Waals surface area contributed by atoms with E-state index in [9.17, 15) is 0 Å². The van der Waals surface area contributed by atoms with E-state index in [0.29, 0.717) is 0 Å². The van der Waals surface area contributed by atoms with Crippen LogP contribution in [0.25, 0.3) is 33.1 Å². The molecule has 0 aliphatic carbocycles. The summed E-state index contributed by atoms with van der Waals surface area (Å²) in [7, 11) is 0. The molecule has 1 heterocycles. The predicted molar refractivity (Wildman–Crippen MR) is 104 cm³/mol. The summed E-state index contributed by atoms with van der Waals surface area (Å²) in [6.45, 7) is 0. The Bertz CT molecular complexity index is 997. The molecule has 0 radical (unpaired) electrons. The van der Waals surface area contributed by atoms with Gasteiger partial charge in [-0.2, -0.15) is 0 Å². The molecule has 3 aromatic carbocycles. The Kier molecular flexibility index (Phi) is 3.90. The highest BCUT2D eigenvalue weighted by molar-refractivity contribution is 7.98. The number of benzene rings is 3. The molecule has 0 saturated carbocycles. The lowest BCUT2D eigenvalue weighted by Gasteiger charge is -1.96. The number of rotatable bonds is 3. The Hall–Kier alpha value is -2.10. The van der Waals surface area contributed by atoms with Crippen molar-refractivity contribution in [3.8, 4) is 0 Å². The molecule has 0 atom stereocenters. The summed E-state index contributed by atoms with van der Waals surface area (Å²) < 4.78 is 1.24. The van der Waals surface area contributed by atoms with Gasteiger partial charge < -0.3 is 0 Å². The average Bonchev–Trinajstić information content (AvgIpc) is 3.04. The highest BCUT2D eigenvalue weighted by Crippen LogP contribution is 2.30. The van der Waals surface area contributed by atoms with E-state index in [4.69, 9.17) is 4.98 Å². The monoisotopic (exact) mass is 333 g/mol. The molecule has 1 aromatic heterocycles. The Morgan fingerprint density at radius 1 is 0.913 bits per heavy atom. The van der Waals surface area contributed by atoms with Crippen LogP contribution in [0.2, 0.25) is 0 Å². The van der Waals surface area contributed by atoms with Crippen molar-refractivity contribution >= 4 is 56.2 Å². The van der Waals surface area contributed by atoms with Gasteiger partial charge in [-0.3, -0.25) is 0 Å². The summed E-state index contributed by atoms with van der Waals surface area (Å²) in [5.41, 5.74) is 2.30. The number of aromatic nitrogens is 1. The zero-order valence-electron chi connectivity index (χ0n) is 12.7. The third-order valence-electron chi connectivity index (χ3n) is 3.83. The van der Waals surface area contributed by atoms with Crippen LogP contribution in [0.15, 0.2) is 65.6 Å². The lowest BCUT2D eigenvalue weighted by molar-refractivity contribution is 1.45. The number of hydrogen-bond acceptors (Lipinski definition) is 3. The second-order valence-corrected chi connectivity index (χ2v) is 7.23. The molecule has 1 nitrogen and oxygen atoms in total. The van der Waals surface area contributed by atoms with Crippen molar-refractivity contribution in [2.45, 2.75) is 4.90 Å². The van der Waals surface area contributed by atoms with Crippen LogP contribution >= 0.6 is 23.1 Å². The molecule has 0 fully saturated rings. The molecule has 4 rings (SSSR count). The maximum atomic E-state index is 4.82. The molecule has 0 saturated heterocycles. The summed E-state index contributed by atoms with van der Waals surface area (Å²) >= 11 is 3.50. The van der Waals surface area contributed by atoms with Crippen molar-refractivity contribution in [3.63, 3.8) is 0 Å². The highest BCUT2D eigenvalue weighted by atomic mass is 32.2. The molecule has 0 spiro atoms. The van der Waals surface area contributed by atoms with Crippen molar-refractivity contribution in [1.29, 1.82) is 0 Å². The second kappa shape index (κ2) is 6.19. The Morgan fingerprint density at radius 2 is 1.74 bits per heavy atom. The van der Waals surface area contributed by atoms with Gasteiger partial charge in [-0.05, 0) is 41.5 Å². The molecule has 0 unspecified atom stereocenters. The molecule has 0 amide bonds.